The molecule has 0 fully saturated rings. The summed E-state index contributed by atoms with van der Waals surface area (Å²) >= 11 is 0. The van der Waals surface area contributed by atoms with E-state index in [2.05, 4.69) is 10.3 Å². The number of aromatic nitrogens is 2. The molecule has 1 rings (SSSR count). The van der Waals surface area contributed by atoms with Crippen LogP contribution in [0.4, 0.5) is 11.5 Å². The fourth-order valence-corrected chi connectivity index (χ4v) is 2.40. The van der Waals surface area contributed by atoms with Crippen LogP contribution in [0.15, 0.2) is 9.59 Å². The molecule has 0 spiro atoms. The number of nitrogens with zero attached hydrogens (tertiary/aromatic N) is 2. The van der Waals surface area contributed by atoms with Gasteiger partial charge < -0.3 is 16.0 Å². The molecule has 0 aliphatic carbocycles. The third kappa shape index (κ3) is 5.14. The van der Waals surface area contributed by atoms with Crippen LogP contribution >= 0.6 is 0 Å². The average Bonchev–Trinajstić information content (AvgIpc) is 2.43. The second kappa shape index (κ2) is 8.03. The van der Waals surface area contributed by atoms with Gasteiger partial charge in [0.15, 0.2) is 0 Å². The second-order valence-corrected chi connectivity index (χ2v) is 6.81. The van der Waals surface area contributed by atoms with Crippen molar-refractivity contribution in [1.29, 1.82) is 0 Å². The molecule has 0 saturated heterocycles. The lowest BCUT2D eigenvalue weighted by Gasteiger charge is -2.27. The fraction of sp³-hybridized carbons (Fsp3) is 0.688. The van der Waals surface area contributed by atoms with Crippen molar-refractivity contribution in [2.75, 3.05) is 23.7 Å². The van der Waals surface area contributed by atoms with E-state index in [4.69, 9.17) is 5.73 Å². The SMILES string of the molecule is CCCCn1c(N)c(N(CC)CC(=O)NC(C)(C)C)c(=O)[nH]c1=O. The molecule has 1 aromatic heterocycles. The number of carbonyl (C=O) groups excluding carboxylic acids is 1. The Morgan fingerprint density at radius 3 is 2.42 bits per heavy atom. The minimum absolute atomic E-state index is 0.00691. The number of nitrogens with one attached hydrogen (secondary N) is 2. The number of unbranched alkanes of at least 4 members (excludes halogenated alkanes) is 1. The number of hydrogen-bond donors (Lipinski definition) is 3. The average molecular weight is 339 g/mol. The molecule has 0 aromatic carbocycles. The van der Waals surface area contributed by atoms with E-state index in [-0.39, 0.29) is 29.5 Å². The highest BCUT2D eigenvalue weighted by Gasteiger charge is 2.21. The quantitative estimate of drug-likeness (QED) is 0.675. The first kappa shape index (κ1) is 19.8. The van der Waals surface area contributed by atoms with E-state index in [9.17, 15) is 14.4 Å². The Bertz CT molecular complexity index is 684. The largest absolute Gasteiger partial charge is 0.383 e. The molecular weight excluding hydrogens is 310 g/mol. The van der Waals surface area contributed by atoms with E-state index < -0.39 is 11.2 Å². The third-order valence-electron chi connectivity index (χ3n) is 3.50. The lowest BCUT2D eigenvalue weighted by molar-refractivity contribution is -0.121. The van der Waals surface area contributed by atoms with E-state index in [1.165, 1.54) is 4.57 Å². The van der Waals surface area contributed by atoms with Crippen LogP contribution in [0.5, 0.6) is 0 Å². The number of carbonyl (C=O) groups is 1. The summed E-state index contributed by atoms with van der Waals surface area (Å²) in [6.07, 6.45) is 1.66. The smallest absolute Gasteiger partial charge is 0.330 e. The van der Waals surface area contributed by atoms with Crippen LogP contribution in [-0.4, -0.2) is 34.1 Å². The number of rotatable bonds is 7. The van der Waals surface area contributed by atoms with Crippen molar-refractivity contribution >= 4 is 17.4 Å². The van der Waals surface area contributed by atoms with Crippen LogP contribution < -0.4 is 27.2 Å². The molecule has 0 bridgehead atoms. The molecule has 8 heteroatoms. The molecular formula is C16H29N5O3. The Kier molecular flexibility index (Phi) is 6.62. The van der Waals surface area contributed by atoms with Gasteiger partial charge in [-0.25, -0.2) is 4.79 Å². The number of amides is 1. The number of H-pyrrole nitrogens is 1. The van der Waals surface area contributed by atoms with Gasteiger partial charge in [-0.1, -0.05) is 13.3 Å². The first-order chi connectivity index (χ1) is 11.1. The Labute approximate surface area is 142 Å². The predicted molar refractivity (Wildman–Crippen MR) is 96.4 cm³/mol. The minimum Gasteiger partial charge on any atom is -0.383 e. The van der Waals surface area contributed by atoms with Crippen LogP contribution in [0.3, 0.4) is 0 Å². The van der Waals surface area contributed by atoms with E-state index in [0.29, 0.717) is 13.1 Å². The summed E-state index contributed by atoms with van der Waals surface area (Å²) < 4.78 is 1.35. The van der Waals surface area contributed by atoms with E-state index >= 15 is 0 Å². The number of hydrogen-bond acceptors (Lipinski definition) is 5. The minimum atomic E-state index is -0.573. The first-order valence-electron chi connectivity index (χ1n) is 8.29. The van der Waals surface area contributed by atoms with Crippen molar-refractivity contribution in [3.8, 4) is 0 Å². The third-order valence-corrected chi connectivity index (χ3v) is 3.50. The molecule has 1 aromatic rings. The van der Waals surface area contributed by atoms with Gasteiger partial charge in [0.05, 0.1) is 6.54 Å². The maximum atomic E-state index is 12.2. The van der Waals surface area contributed by atoms with Gasteiger partial charge in [-0.2, -0.15) is 0 Å². The molecule has 0 aliphatic heterocycles. The summed E-state index contributed by atoms with van der Waals surface area (Å²) in [7, 11) is 0. The summed E-state index contributed by atoms with van der Waals surface area (Å²) in [5.41, 5.74) is 4.78. The highest BCUT2D eigenvalue weighted by Crippen LogP contribution is 2.16. The summed E-state index contributed by atoms with van der Waals surface area (Å²) in [5, 5.41) is 2.85. The van der Waals surface area contributed by atoms with E-state index in [1.807, 2.05) is 34.6 Å². The molecule has 0 unspecified atom stereocenters. The van der Waals surface area contributed by atoms with Crippen molar-refractivity contribution in [3.05, 3.63) is 20.8 Å². The zero-order chi connectivity index (χ0) is 18.5. The van der Waals surface area contributed by atoms with Gasteiger partial charge in [0, 0.05) is 18.6 Å². The van der Waals surface area contributed by atoms with Crippen LogP contribution in [0.2, 0.25) is 0 Å². The predicted octanol–water partition coefficient (Wildman–Crippen LogP) is 0.660. The number of nitrogen functional groups attached to an aromatic ring is 1. The summed E-state index contributed by atoms with van der Waals surface area (Å²) in [5.74, 6) is -0.114. The van der Waals surface area contributed by atoms with Crippen molar-refractivity contribution in [2.24, 2.45) is 0 Å². The fourth-order valence-electron chi connectivity index (χ4n) is 2.40. The molecule has 24 heavy (non-hydrogen) atoms. The number of aromatic amines is 1. The number of likely N-dealkylation sites (N-methyl/N-ethyl adjacent to an activating group) is 1. The van der Waals surface area contributed by atoms with Gasteiger partial charge in [-0.3, -0.25) is 19.1 Å². The summed E-state index contributed by atoms with van der Waals surface area (Å²) in [6, 6.07) is 0. The summed E-state index contributed by atoms with van der Waals surface area (Å²) in [6.45, 7) is 10.3. The Balaban J connectivity index is 3.19. The molecule has 0 saturated carbocycles. The van der Waals surface area contributed by atoms with Crippen molar-refractivity contribution in [3.63, 3.8) is 0 Å². The lowest BCUT2D eigenvalue weighted by atomic mass is 10.1. The molecule has 0 aliphatic rings. The van der Waals surface area contributed by atoms with Gasteiger partial charge in [-0.15, -0.1) is 0 Å². The first-order valence-corrected chi connectivity index (χ1v) is 8.29. The molecule has 8 nitrogen and oxygen atoms in total. The van der Waals surface area contributed by atoms with Gasteiger partial charge in [0.1, 0.15) is 11.5 Å². The molecule has 1 amide bonds. The normalized spacial score (nSPS) is 11.4. The number of nitrogens with two attached hydrogens (primary N) is 1. The molecule has 1 heterocycles. The van der Waals surface area contributed by atoms with Crippen molar-refractivity contribution < 1.29 is 4.79 Å². The maximum absolute atomic E-state index is 12.2. The Morgan fingerprint density at radius 1 is 1.29 bits per heavy atom. The maximum Gasteiger partial charge on any atom is 0.330 e. The van der Waals surface area contributed by atoms with E-state index in [0.717, 1.165) is 12.8 Å². The van der Waals surface area contributed by atoms with Gasteiger partial charge in [0.2, 0.25) is 5.91 Å². The zero-order valence-corrected chi connectivity index (χ0v) is 15.2. The molecule has 4 N–H and O–H groups in total. The van der Waals surface area contributed by atoms with Gasteiger partial charge >= 0.3 is 5.69 Å². The van der Waals surface area contributed by atoms with Gasteiger partial charge in [-0.05, 0) is 34.1 Å². The Morgan fingerprint density at radius 2 is 1.92 bits per heavy atom. The van der Waals surface area contributed by atoms with Gasteiger partial charge in [0.25, 0.3) is 5.56 Å². The van der Waals surface area contributed by atoms with Crippen molar-refractivity contribution in [2.45, 2.75) is 59.5 Å². The topological polar surface area (TPSA) is 113 Å². The highest BCUT2D eigenvalue weighted by molar-refractivity contribution is 5.83. The van der Waals surface area contributed by atoms with Crippen LogP contribution in [0.25, 0.3) is 0 Å². The zero-order valence-electron chi connectivity index (χ0n) is 15.2. The lowest BCUT2D eigenvalue weighted by Crippen LogP contribution is -2.47. The summed E-state index contributed by atoms with van der Waals surface area (Å²) in [4.78, 5) is 40.2. The molecule has 0 radical (unpaired) electrons. The molecule has 136 valence electrons. The Hall–Kier alpha value is -2.25. The van der Waals surface area contributed by atoms with E-state index in [1.54, 1.807) is 4.90 Å². The monoisotopic (exact) mass is 339 g/mol. The number of anilines is 2. The van der Waals surface area contributed by atoms with Crippen molar-refractivity contribution in [1.82, 2.24) is 14.9 Å². The standard InChI is InChI=1S/C16H29N5O3/c1-6-8-9-21-13(17)12(14(23)18-15(21)24)20(7-2)10-11(22)19-16(3,4)5/h6-10,17H2,1-5H3,(H,19,22)(H,18,23,24). The highest BCUT2D eigenvalue weighted by atomic mass is 16.2. The second-order valence-electron chi connectivity index (χ2n) is 6.81. The van der Waals surface area contributed by atoms with Crippen LogP contribution in [0.1, 0.15) is 47.5 Å². The van der Waals surface area contributed by atoms with Crippen LogP contribution in [0, 0.1) is 0 Å². The molecule has 0 atom stereocenters. The van der Waals surface area contributed by atoms with Crippen LogP contribution in [-0.2, 0) is 11.3 Å².